The van der Waals surface area contributed by atoms with E-state index < -0.39 is 0 Å². The number of nitrogens with zero attached hydrogens (tertiary/aromatic N) is 1. The van der Waals surface area contributed by atoms with Crippen molar-refractivity contribution in [1.29, 1.82) is 0 Å². The van der Waals surface area contributed by atoms with Crippen LogP contribution in [0.5, 0.6) is 5.75 Å². The fourth-order valence-corrected chi connectivity index (χ4v) is 2.11. The first kappa shape index (κ1) is 19.8. The van der Waals surface area contributed by atoms with E-state index in [-0.39, 0.29) is 18.1 Å². The third-order valence-electron chi connectivity index (χ3n) is 3.20. The monoisotopic (exact) mass is 334 g/mol. The van der Waals surface area contributed by atoms with Gasteiger partial charge in [-0.05, 0) is 45.4 Å². The Morgan fingerprint density at radius 1 is 1.25 bits per heavy atom. The molecule has 0 radical (unpaired) electrons. The average molecular weight is 334 g/mol. The normalized spacial score (nSPS) is 12.7. The van der Waals surface area contributed by atoms with Gasteiger partial charge in [-0.3, -0.25) is 9.79 Å². The number of hydrogen-bond acceptors (Lipinski definition) is 3. The maximum absolute atomic E-state index is 11.6. The maximum Gasteiger partial charge on any atom is 0.221 e. The summed E-state index contributed by atoms with van der Waals surface area (Å²) in [6, 6.07) is 8.14. The first-order valence-corrected chi connectivity index (χ1v) is 8.38. The molecule has 0 aliphatic rings. The number of amides is 1. The summed E-state index contributed by atoms with van der Waals surface area (Å²) in [6.45, 7) is 9.08. The summed E-state index contributed by atoms with van der Waals surface area (Å²) in [4.78, 5) is 15.7. The lowest BCUT2D eigenvalue weighted by Crippen LogP contribution is -2.43. The van der Waals surface area contributed by atoms with Crippen LogP contribution in [0.4, 0.5) is 0 Å². The molecule has 1 atom stereocenters. The number of nitrogens with one attached hydrogen (secondary N) is 3. The Morgan fingerprint density at radius 2 is 2.00 bits per heavy atom. The molecule has 1 aromatic rings. The third kappa shape index (κ3) is 8.41. The minimum Gasteiger partial charge on any atom is -0.489 e. The summed E-state index contributed by atoms with van der Waals surface area (Å²) < 4.78 is 5.87. The van der Waals surface area contributed by atoms with Gasteiger partial charge < -0.3 is 20.7 Å². The maximum atomic E-state index is 11.6. The van der Waals surface area contributed by atoms with Crippen molar-refractivity contribution in [3.05, 3.63) is 29.8 Å². The van der Waals surface area contributed by atoms with Crippen molar-refractivity contribution >= 4 is 11.9 Å². The summed E-state index contributed by atoms with van der Waals surface area (Å²) in [5, 5.41) is 9.18. The number of carbonyl (C=O) groups is 1. The Bertz CT molecular complexity index is 544. The van der Waals surface area contributed by atoms with Crippen molar-refractivity contribution in [1.82, 2.24) is 16.0 Å². The lowest BCUT2D eigenvalue weighted by molar-refractivity contribution is -0.121. The van der Waals surface area contributed by atoms with E-state index in [2.05, 4.69) is 20.9 Å². The second-order valence-corrected chi connectivity index (χ2v) is 6.10. The van der Waals surface area contributed by atoms with Crippen LogP contribution < -0.4 is 20.7 Å². The van der Waals surface area contributed by atoms with Gasteiger partial charge in [0.2, 0.25) is 5.91 Å². The quantitative estimate of drug-likeness (QED) is 0.501. The topological polar surface area (TPSA) is 74.8 Å². The van der Waals surface area contributed by atoms with Crippen LogP contribution in [0.3, 0.4) is 0 Å². The lowest BCUT2D eigenvalue weighted by atomic mass is 10.2. The highest BCUT2D eigenvalue weighted by Crippen LogP contribution is 2.13. The summed E-state index contributed by atoms with van der Waals surface area (Å²) in [5.74, 6) is 1.55. The van der Waals surface area contributed by atoms with Crippen LogP contribution in [-0.4, -0.2) is 44.1 Å². The van der Waals surface area contributed by atoms with Gasteiger partial charge in [0.05, 0.1) is 6.54 Å². The number of guanidine groups is 1. The summed E-state index contributed by atoms with van der Waals surface area (Å²) in [7, 11) is 1.70. The van der Waals surface area contributed by atoms with Gasteiger partial charge in [0.15, 0.2) is 5.96 Å². The lowest BCUT2D eigenvalue weighted by Gasteiger charge is -2.18. The Labute approximate surface area is 145 Å². The number of aliphatic imine (C=N–C) groups is 1. The minimum atomic E-state index is -0.00501. The Morgan fingerprint density at radius 3 is 2.62 bits per heavy atom. The summed E-state index contributed by atoms with van der Waals surface area (Å²) >= 11 is 0. The average Bonchev–Trinajstić information content (AvgIpc) is 2.50. The highest BCUT2D eigenvalue weighted by molar-refractivity contribution is 5.81. The van der Waals surface area contributed by atoms with Gasteiger partial charge in [0.1, 0.15) is 11.9 Å². The van der Waals surface area contributed by atoms with E-state index in [0.717, 1.165) is 5.75 Å². The van der Waals surface area contributed by atoms with E-state index in [9.17, 15) is 4.79 Å². The van der Waals surface area contributed by atoms with E-state index in [4.69, 9.17) is 4.74 Å². The van der Waals surface area contributed by atoms with Gasteiger partial charge in [-0.2, -0.15) is 0 Å². The standard InChI is InChI=1S/C18H30N4O2/c1-13(2)22-17(23)9-10-20-18(19-5)21-12-15(4)24-16-8-6-7-14(3)11-16/h6-8,11,13,15H,9-10,12H2,1-5H3,(H,22,23)(H2,19,20,21). The molecule has 0 aliphatic heterocycles. The predicted molar refractivity (Wildman–Crippen MR) is 98.5 cm³/mol. The molecule has 0 heterocycles. The molecule has 3 N–H and O–H groups in total. The van der Waals surface area contributed by atoms with E-state index >= 15 is 0 Å². The van der Waals surface area contributed by atoms with E-state index in [1.807, 2.05) is 52.0 Å². The van der Waals surface area contributed by atoms with Crippen LogP contribution in [0.1, 0.15) is 32.8 Å². The van der Waals surface area contributed by atoms with Gasteiger partial charge in [0.25, 0.3) is 0 Å². The van der Waals surface area contributed by atoms with Crippen LogP contribution in [-0.2, 0) is 4.79 Å². The molecule has 0 aliphatic carbocycles. The first-order valence-electron chi connectivity index (χ1n) is 8.38. The van der Waals surface area contributed by atoms with E-state index in [1.54, 1.807) is 7.05 Å². The molecular formula is C18H30N4O2. The molecule has 0 fully saturated rings. The zero-order valence-electron chi connectivity index (χ0n) is 15.3. The molecule has 134 valence electrons. The molecule has 24 heavy (non-hydrogen) atoms. The molecule has 1 rings (SSSR count). The van der Waals surface area contributed by atoms with Crippen LogP contribution in [0.25, 0.3) is 0 Å². The van der Waals surface area contributed by atoms with Crippen LogP contribution in [0, 0.1) is 6.92 Å². The van der Waals surface area contributed by atoms with Crippen molar-refractivity contribution in [2.75, 3.05) is 20.1 Å². The Balaban J connectivity index is 2.29. The van der Waals surface area contributed by atoms with Crippen molar-refractivity contribution in [3.63, 3.8) is 0 Å². The molecule has 0 aromatic heterocycles. The van der Waals surface area contributed by atoms with E-state index in [0.29, 0.717) is 25.5 Å². The predicted octanol–water partition coefficient (Wildman–Crippen LogP) is 1.84. The molecule has 6 nitrogen and oxygen atoms in total. The first-order chi connectivity index (χ1) is 11.4. The van der Waals surface area contributed by atoms with Crippen molar-refractivity contribution in [3.8, 4) is 5.75 Å². The Hall–Kier alpha value is -2.24. The zero-order chi connectivity index (χ0) is 17.9. The molecule has 6 heteroatoms. The molecule has 1 aromatic carbocycles. The highest BCUT2D eigenvalue weighted by atomic mass is 16.5. The van der Waals surface area contributed by atoms with Crippen LogP contribution >= 0.6 is 0 Å². The molecule has 1 amide bonds. The fourth-order valence-electron chi connectivity index (χ4n) is 2.11. The SMILES string of the molecule is CN=C(NCCC(=O)NC(C)C)NCC(C)Oc1cccc(C)c1. The molecule has 0 spiro atoms. The summed E-state index contributed by atoms with van der Waals surface area (Å²) in [5.41, 5.74) is 1.17. The second kappa shape index (κ2) is 10.5. The number of ether oxygens (including phenoxy) is 1. The molecule has 0 bridgehead atoms. The van der Waals surface area contributed by atoms with Gasteiger partial charge >= 0.3 is 0 Å². The number of benzene rings is 1. The van der Waals surface area contributed by atoms with E-state index in [1.165, 1.54) is 5.56 Å². The number of aryl methyl sites for hydroxylation is 1. The molecule has 1 unspecified atom stereocenters. The fraction of sp³-hybridized carbons (Fsp3) is 0.556. The van der Waals surface area contributed by atoms with Crippen LogP contribution in [0.15, 0.2) is 29.3 Å². The zero-order valence-corrected chi connectivity index (χ0v) is 15.3. The number of rotatable bonds is 8. The van der Waals surface area contributed by atoms with Crippen molar-refractivity contribution in [2.45, 2.75) is 46.3 Å². The molecular weight excluding hydrogens is 304 g/mol. The smallest absolute Gasteiger partial charge is 0.221 e. The summed E-state index contributed by atoms with van der Waals surface area (Å²) in [6.07, 6.45) is 0.406. The van der Waals surface area contributed by atoms with Gasteiger partial charge in [-0.15, -0.1) is 0 Å². The molecule has 0 saturated heterocycles. The van der Waals surface area contributed by atoms with Crippen molar-refractivity contribution in [2.24, 2.45) is 4.99 Å². The van der Waals surface area contributed by atoms with Gasteiger partial charge in [-0.25, -0.2) is 0 Å². The number of hydrogen-bond donors (Lipinski definition) is 3. The minimum absolute atomic E-state index is 0.00501. The Kier molecular flexibility index (Phi) is 8.68. The largest absolute Gasteiger partial charge is 0.489 e. The van der Waals surface area contributed by atoms with Crippen molar-refractivity contribution < 1.29 is 9.53 Å². The highest BCUT2D eigenvalue weighted by Gasteiger charge is 2.07. The number of carbonyl (C=O) groups excluding carboxylic acids is 1. The third-order valence-corrected chi connectivity index (χ3v) is 3.20. The van der Waals surface area contributed by atoms with Gasteiger partial charge in [-0.1, -0.05) is 12.1 Å². The van der Waals surface area contributed by atoms with Crippen LogP contribution in [0.2, 0.25) is 0 Å². The second-order valence-electron chi connectivity index (χ2n) is 6.10. The molecule has 0 saturated carbocycles. The van der Waals surface area contributed by atoms with Gasteiger partial charge in [0, 0.05) is 26.1 Å².